The van der Waals surface area contributed by atoms with Crippen molar-refractivity contribution in [1.82, 2.24) is 10.2 Å². The zero-order chi connectivity index (χ0) is 18.5. The van der Waals surface area contributed by atoms with Gasteiger partial charge in [-0.25, -0.2) is 4.39 Å². The highest BCUT2D eigenvalue weighted by molar-refractivity contribution is 6.01. The second-order valence-corrected chi connectivity index (χ2v) is 6.92. The normalized spacial score (nSPS) is 21.6. The summed E-state index contributed by atoms with van der Waals surface area (Å²) in [4.78, 5) is 25.5. The number of ketones is 1. The van der Waals surface area contributed by atoms with Crippen LogP contribution in [0, 0.1) is 5.82 Å². The van der Waals surface area contributed by atoms with Gasteiger partial charge < -0.3 is 9.73 Å². The predicted octanol–water partition coefficient (Wildman–Crippen LogP) is 3.39. The summed E-state index contributed by atoms with van der Waals surface area (Å²) in [5.74, 6) is 0.128. The number of halogens is 1. The van der Waals surface area contributed by atoms with Crippen molar-refractivity contribution in [2.45, 2.75) is 24.7 Å². The fraction of sp³-hybridized carbons (Fsp3) is 0.200. The molecule has 0 radical (unpaired) electrons. The van der Waals surface area contributed by atoms with Crippen LogP contribution < -0.4 is 10.9 Å². The highest BCUT2D eigenvalue weighted by Gasteiger charge is 2.41. The van der Waals surface area contributed by atoms with Gasteiger partial charge in [-0.1, -0.05) is 12.1 Å². The standard InChI is InChI=1S/C20H16FN3O3/c21-12-4-1-3-10(7-12)16-17-13(22-19-18(16)20(26)24-23-19)8-11(9-14(17)25)15-5-2-6-27-15/h1-7,11,16H,8-9H2,(H3,22,23,24,26). The Kier molecular flexibility index (Phi) is 3.43. The van der Waals surface area contributed by atoms with Crippen molar-refractivity contribution in [3.8, 4) is 0 Å². The molecule has 3 heterocycles. The number of aromatic amines is 2. The molecule has 1 aliphatic heterocycles. The average molecular weight is 365 g/mol. The number of allylic oxidation sites excluding steroid dienone is 2. The molecule has 0 spiro atoms. The molecule has 1 aromatic carbocycles. The molecule has 0 fully saturated rings. The van der Waals surface area contributed by atoms with Gasteiger partial charge in [-0.3, -0.25) is 19.8 Å². The van der Waals surface area contributed by atoms with Gasteiger partial charge in [-0.15, -0.1) is 0 Å². The lowest BCUT2D eigenvalue weighted by Gasteiger charge is -2.33. The van der Waals surface area contributed by atoms with Crippen molar-refractivity contribution >= 4 is 11.6 Å². The van der Waals surface area contributed by atoms with Crippen molar-refractivity contribution in [2.24, 2.45) is 0 Å². The van der Waals surface area contributed by atoms with E-state index in [2.05, 4.69) is 15.5 Å². The molecule has 1 aliphatic carbocycles. The molecule has 0 bridgehead atoms. The van der Waals surface area contributed by atoms with Crippen LogP contribution in [0.15, 0.2) is 63.1 Å². The Hall–Kier alpha value is -3.35. The first-order chi connectivity index (χ1) is 13.1. The molecule has 0 saturated heterocycles. The molecule has 0 amide bonds. The Morgan fingerprint density at radius 3 is 2.74 bits per heavy atom. The topological polar surface area (TPSA) is 90.9 Å². The van der Waals surface area contributed by atoms with Crippen molar-refractivity contribution in [2.75, 3.05) is 5.32 Å². The smallest absolute Gasteiger partial charge is 0.270 e. The average Bonchev–Trinajstić information content (AvgIpc) is 3.30. The number of aromatic nitrogens is 2. The van der Waals surface area contributed by atoms with Gasteiger partial charge in [0, 0.05) is 29.5 Å². The van der Waals surface area contributed by atoms with Gasteiger partial charge in [0.2, 0.25) is 0 Å². The van der Waals surface area contributed by atoms with Crippen LogP contribution >= 0.6 is 0 Å². The zero-order valence-electron chi connectivity index (χ0n) is 14.2. The molecular formula is C20H16FN3O3. The van der Waals surface area contributed by atoms with E-state index in [1.54, 1.807) is 24.5 Å². The number of rotatable bonds is 2. The van der Waals surface area contributed by atoms with Crippen LogP contribution in [0.4, 0.5) is 10.2 Å². The quantitative estimate of drug-likeness (QED) is 0.649. The second-order valence-electron chi connectivity index (χ2n) is 6.92. The van der Waals surface area contributed by atoms with Crippen molar-refractivity contribution in [3.63, 3.8) is 0 Å². The van der Waals surface area contributed by atoms with Gasteiger partial charge in [0.1, 0.15) is 17.4 Å². The highest BCUT2D eigenvalue weighted by Crippen LogP contribution is 2.46. The second kappa shape index (κ2) is 5.84. The van der Waals surface area contributed by atoms with Gasteiger partial charge in [-0.05, 0) is 36.2 Å². The molecular weight excluding hydrogens is 349 g/mol. The number of hydrogen-bond acceptors (Lipinski definition) is 4. The fourth-order valence-corrected chi connectivity index (χ4v) is 4.17. The van der Waals surface area contributed by atoms with E-state index in [4.69, 9.17) is 4.42 Å². The lowest BCUT2D eigenvalue weighted by molar-refractivity contribution is -0.116. The molecule has 2 aliphatic rings. The van der Waals surface area contributed by atoms with Crippen LogP contribution in [-0.2, 0) is 4.79 Å². The highest BCUT2D eigenvalue weighted by atomic mass is 19.1. The molecule has 7 heteroatoms. The molecule has 0 saturated carbocycles. The molecule has 2 atom stereocenters. The van der Waals surface area contributed by atoms with E-state index in [9.17, 15) is 14.0 Å². The minimum absolute atomic E-state index is 0.0642. The van der Waals surface area contributed by atoms with Crippen LogP contribution in [0.25, 0.3) is 0 Å². The molecule has 136 valence electrons. The number of carbonyl (C=O) groups excluding carboxylic acids is 1. The van der Waals surface area contributed by atoms with Crippen LogP contribution in [0.5, 0.6) is 0 Å². The maximum Gasteiger partial charge on any atom is 0.270 e. The number of fused-ring (bicyclic) bond motifs is 1. The van der Waals surface area contributed by atoms with E-state index in [0.29, 0.717) is 28.9 Å². The minimum atomic E-state index is -0.605. The summed E-state index contributed by atoms with van der Waals surface area (Å²) in [6, 6.07) is 9.72. The SMILES string of the molecule is O=C1CC(c2ccco2)CC2=C1C(c1cccc(F)c1)c1c([nH][nH]c1=O)N2. The Morgan fingerprint density at radius 1 is 1.07 bits per heavy atom. The fourth-order valence-electron chi connectivity index (χ4n) is 4.17. The molecule has 2 unspecified atom stereocenters. The van der Waals surface area contributed by atoms with Crippen LogP contribution in [-0.4, -0.2) is 16.0 Å². The Morgan fingerprint density at radius 2 is 1.96 bits per heavy atom. The first kappa shape index (κ1) is 15.9. The van der Waals surface area contributed by atoms with Crippen LogP contribution in [0.2, 0.25) is 0 Å². The van der Waals surface area contributed by atoms with E-state index in [1.165, 1.54) is 12.1 Å². The Labute approximate surface area is 153 Å². The third-order valence-corrected chi connectivity index (χ3v) is 5.30. The van der Waals surface area contributed by atoms with Crippen LogP contribution in [0.1, 0.15) is 41.6 Å². The van der Waals surface area contributed by atoms with Gasteiger partial charge in [0.25, 0.3) is 5.56 Å². The lowest BCUT2D eigenvalue weighted by Crippen LogP contribution is -2.31. The van der Waals surface area contributed by atoms with Crippen molar-refractivity contribution in [1.29, 1.82) is 0 Å². The summed E-state index contributed by atoms with van der Waals surface area (Å²) in [5, 5.41) is 8.58. The van der Waals surface area contributed by atoms with E-state index in [1.807, 2.05) is 6.07 Å². The largest absolute Gasteiger partial charge is 0.469 e. The number of nitrogens with one attached hydrogen (secondary N) is 3. The number of hydrogen-bond donors (Lipinski definition) is 3. The lowest BCUT2D eigenvalue weighted by atomic mass is 9.73. The maximum atomic E-state index is 13.9. The monoisotopic (exact) mass is 365 g/mol. The number of H-pyrrole nitrogens is 2. The van der Waals surface area contributed by atoms with Gasteiger partial charge in [-0.2, -0.15) is 0 Å². The number of Topliss-reactive ketones (excluding diaryl/α,β-unsaturated/α-hetero) is 1. The van der Waals surface area contributed by atoms with E-state index >= 15 is 0 Å². The third kappa shape index (κ3) is 2.46. The summed E-state index contributed by atoms with van der Waals surface area (Å²) >= 11 is 0. The summed E-state index contributed by atoms with van der Waals surface area (Å²) in [5.41, 5.74) is 1.94. The molecule has 27 heavy (non-hydrogen) atoms. The van der Waals surface area contributed by atoms with Crippen LogP contribution in [0.3, 0.4) is 0 Å². The zero-order valence-corrected chi connectivity index (χ0v) is 14.2. The molecule has 6 nitrogen and oxygen atoms in total. The molecule has 5 rings (SSSR count). The molecule has 3 N–H and O–H groups in total. The van der Waals surface area contributed by atoms with Gasteiger partial charge in [0.15, 0.2) is 5.78 Å². The number of anilines is 1. The van der Waals surface area contributed by atoms with Gasteiger partial charge >= 0.3 is 0 Å². The Balaban J connectivity index is 1.67. The summed E-state index contributed by atoms with van der Waals surface area (Å²) in [6.07, 6.45) is 2.46. The minimum Gasteiger partial charge on any atom is -0.469 e. The summed E-state index contributed by atoms with van der Waals surface area (Å²) < 4.78 is 19.4. The van der Waals surface area contributed by atoms with Gasteiger partial charge in [0.05, 0.1) is 11.8 Å². The third-order valence-electron chi connectivity index (χ3n) is 5.30. The van der Waals surface area contributed by atoms with Crippen molar-refractivity contribution in [3.05, 3.63) is 87.0 Å². The van der Waals surface area contributed by atoms with Crippen molar-refractivity contribution < 1.29 is 13.6 Å². The van der Waals surface area contributed by atoms with E-state index in [0.717, 1.165) is 11.5 Å². The first-order valence-electron chi connectivity index (χ1n) is 8.74. The van der Waals surface area contributed by atoms with E-state index < -0.39 is 11.7 Å². The maximum absolute atomic E-state index is 13.9. The number of benzene rings is 1. The molecule has 3 aromatic rings. The van der Waals surface area contributed by atoms with E-state index in [-0.39, 0.29) is 23.7 Å². The predicted molar refractivity (Wildman–Crippen MR) is 96.0 cm³/mol. The number of furan rings is 1. The number of carbonyl (C=O) groups is 1. The molecule has 2 aromatic heterocycles. The first-order valence-corrected chi connectivity index (χ1v) is 8.74. The summed E-state index contributed by atoms with van der Waals surface area (Å²) in [7, 11) is 0. The summed E-state index contributed by atoms with van der Waals surface area (Å²) in [6.45, 7) is 0. The Bertz CT molecular complexity index is 1120.